The van der Waals surface area contributed by atoms with Gasteiger partial charge in [0.05, 0.1) is 26.4 Å². The molecular formula is C24H30O3. The molecular weight excluding hydrogens is 336 g/mol. The number of aliphatic hydroxyl groups is 1. The highest BCUT2D eigenvalue weighted by molar-refractivity contribution is 5.14. The maximum atomic E-state index is 11.4. The predicted octanol–water partition coefficient (Wildman–Crippen LogP) is 4.90. The van der Waals surface area contributed by atoms with Crippen molar-refractivity contribution >= 4 is 0 Å². The van der Waals surface area contributed by atoms with Crippen molar-refractivity contribution in [2.24, 2.45) is 5.92 Å². The predicted molar refractivity (Wildman–Crippen MR) is 108 cm³/mol. The summed E-state index contributed by atoms with van der Waals surface area (Å²) in [6.07, 6.45) is 3.84. The van der Waals surface area contributed by atoms with E-state index in [1.54, 1.807) is 0 Å². The molecule has 27 heavy (non-hydrogen) atoms. The molecule has 0 atom stereocenters. The van der Waals surface area contributed by atoms with Crippen LogP contribution >= 0.6 is 0 Å². The fourth-order valence-electron chi connectivity index (χ4n) is 3.68. The maximum absolute atomic E-state index is 11.4. The van der Waals surface area contributed by atoms with E-state index in [1.165, 1.54) is 5.57 Å². The first-order valence-electron chi connectivity index (χ1n) is 9.78. The van der Waals surface area contributed by atoms with Crippen molar-refractivity contribution in [1.29, 1.82) is 0 Å². The third kappa shape index (κ3) is 6.03. The number of rotatable bonds is 9. The molecule has 3 heteroatoms. The fraction of sp³-hybridized carbons (Fsp3) is 0.417. The summed E-state index contributed by atoms with van der Waals surface area (Å²) in [5, 5.41) is 11.4. The zero-order valence-corrected chi connectivity index (χ0v) is 16.0. The van der Waals surface area contributed by atoms with Gasteiger partial charge in [0.15, 0.2) is 0 Å². The van der Waals surface area contributed by atoms with Gasteiger partial charge in [-0.25, -0.2) is 0 Å². The number of hydrogen-bond donors (Lipinski definition) is 1. The third-order valence-corrected chi connectivity index (χ3v) is 5.38. The summed E-state index contributed by atoms with van der Waals surface area (Å²) < 4.78 is 11.8. The lowest BCUT2D eigenvalue weighted by atomic mass is 9.76. The van der Waals surface area contributed by atoms with Crippen molar-refractivity contribution in [1.82, 2.24) is 0 Å². The van der Waals surface area contributed by atoms with E-state index >= 15 is 0 Å². The summed E-state index contributed by atoms with van der Waals surface area (Å²) in [5.41, 5.74) is 2.54. The molecule has 2 aromatic carbocycles. The third-order valence-electron chi connectivity index (χ3n) is 5.38. The van der Waals surface area contributed by atoms with Crippen LogP contribution < -0.4 is 0 Å². The minimum absolute atomic E-state index is 0.176. The van der Waals surface area contributed by atoms with E-state index in [2.05, 4.69) is 6.58 Å². The highest BCUT2D eigenvalue weighted by Gasteiger charge is 2.38. The van der Waals surface area contributed by atoms with Gasteiger partial charge < -0.3 is 14.6 Å². The molecule has 1 saturated carbocycles. The van der Waals surface area contributed by atoms with Crippen LogP contribution in [0.3, 0.4) is 0 Å². The molecule has 0 saturated heterocycles. The Bertz CT molecular complexity index is 641. The van der Waals surface area contributed by atoms with Crippen LogP contribution in [0, 0.1) is 5.92 Å². The Kier molecular flexibility index (Phi) is 7.22. The van der Waals surface area contributed by atoms with Gasteiger partial charge in [-0.1, -0.05) is 72.8 Å². The first-order valence-corrected chi connectivity index (χ1v) is 9.78. The van der Waals surface area contributed by atoms with Gasteiger partial charge in [-0.05, 0) is 42.7 Å². The highest BCUT2D eigenvalue weighted by Crippen LogP contribution is 2.35. The molecule has 1 fully saturated rings. The van der Waals surface area contributed by atoms with Crippen molar-refractivity contribution in [2.75, 3.05) is 13.2 Å². The molecule has 0 radical (unpaired) electrons. The van der Waals surface area contributed by atoms with Crippen LogP contribution in [-0.4, -0.2) is 23.9 Å². The van der Waals surface area contributed by atoms with Crippen molar-refractivity contribution < 1.29 is 14.6 Å². The Morgan fingerprint density at radius 2 is 1.26 bits per heavy atom. The average molecular weight is 367 g/mol. The molecule has 1 aliphatic rings. The van der Waals surface area contributed by atoms with Crippen LogP contribution in [-0.2, 0) is 22.7 Å². The molecule has 0 unspecified atom stereocenters. The van der Waals surface area contributed by atoms with Crippen molar-refractivity contribution in [3.8, 4) is 0 Å². The number of allylic oxidation sites excluding steroid dienone is 1. The summed E-state index contributed by atoms with van der Waals surface area (Å²) in [6, 6.07) is 20.1. The Balaban J connectivity index is 1.57. The van der Waals surface area contributed by atoms with Crippen molar-refractivity contribution in [3.63, 3.8) is 0 Å². The topological polar surface area (TPSA) is 38.7 Å². The quantitative estimate of drug-likeness (QED) is 0.642. The van der Waals surface area contributed by atoms with Crippen LogP contribution in [0.15, 0.2) is 72.8 Å². The summed E-state index contributed by atoms with van der Waals surface area (Å²) in [5.74, 6) is 0.176. The smallest absolute Gasteiger partial charge is 0.114 e. The SMILES string of the molecule is C=C1CCC(C(O)(COCc2ccccc2)COCc2ccccc2)CC1. The molecule has 1 aliphatic carbocycles. The van der Waals surface area contributed by atoms with Gasteiger partial charge in [-0.2, -0.15) is 0 Å². The van der Waals surface area contributed by atoms with Crippen LogP contribution in [0.2, 0.25) is 0 Å². The molecule has 0 aliphatic heterocycles. The van der Waals surface area contributed by atoms with Crippen molar-refractivity contribution in [3.05, 3.63) is 83.9 Å². The second kappa shape index (κ2) is 9.84. The van der Waals surface area contributed by atoms with Gasteiger partial charge in [0.2, 0.25) is 0 Å². The fourth-order valence-corrected chi connectivity index (χ4v) is 3.68. The zero-order chi connectivity index (χ0) is 19.0. The maximum Gasteiger partial charge on any atom is 0.114 e. The first kappa shape index (κ1) is 19.8. The van der Waals surface area contributed by atoms with Crippen molar-refractivity contribution in [2.45, 2.75) is 44.5 Å². The number of benzene rings is 2. The van der Waals surface area contributed by atoms with Crippen LogP contribution in [0.1, 0.15) is 36.8 Å². The molecule has 0 bridgehead atoms. The average Bonchev–Trinajstić information content (AvgIpc) is 2.70. The monoisotopic (exact) mass is 366 g/mol. The number of hydrogen-bond acceptors (Lipinski definition) is 3. The minimum atomic E-state index is -0.968. The van der Waals surface area contributed by atoms with Gasteiger partial charge in [0.25, 0.3) is 0 Å². The molecule has 1 N–H and O–H groups in total. The number of ether oxygens (including phenoxy) is 2. The Hall–Kier alpha value is -1.94. The van der Waals surface area contributed by atoms with E-state index in [0.717, 1.165) is 36.8 Å². The van der Waals surface area contributed by atoms with Gasteiger partial charge in [0, 0.05) is 0 Å². The molecule has 0 spiro atoms. The second-order valence-corrected chi connectivity index (χ2v) is 7.58. The molecule has 3 nitrogen and oxygen atoms in total. The zero-order valence-electron chi connectivity index (χ0n) is 16.0. The van der Waals surface area contributed by atoms with Crippen LogP contribution in [0.5, 0.6) is 0 Å². The van der Waals surface area contributed by atoms with Gasteiger partial charge in [-0.3, -0.25) is 0 Å². The van der Waals surface area contributed by atoms with Gasteiger partial charge >= 0.3 is 0 Å². The Labute approximate surface area is 162 Å². The van der Waals surface area contributed by atoms with E-state index in [1.807, 2.05) is 60.7 Å². The van der Waals surface area contributed by atoms with E-state index in [-0.39, 0.29) is 19.1 Å². The summed E-state index contributed by atoms with van der Waals surface area (Å²) in [7, 11) is 0. The van der Waals surface area contributed by atoms with E-state index in [4.69, 9.17) is 9.47 Å². The normalized spacial score (nSPS) is 15.8. The molecule has 0 amide bonds. The van der Waals surface area contributed by atoms with E-state index < -0.39 is 5.60 Å². The minimum Gasteiger partial charge on any atom is -0.385 e. The van der Waals surface area contributed by atoms with Crippen LogP contribution in [0.25, 0.3) is 0 Å². The Morgan fingerprint density at radius 1 is 0.815 bits per heavy atom. The summed E-state index contributed by atoms with van der Waals surface area (Å²) in [6.45, 7) is 5.66. The molecule has 2 aromatic rings. The lowest BCUT2D eigenvalue weighted by Crippen LogP contribution is -2.47. The standard InChI is InChI=1S/C24H30O3/c1-20-12-14-23(15-13-20)24(25,18-26-16-21-8-4-2-5-9-21)19-27-17-22-10-6-3-7-11-22/h2-11,23,25H,1,12-19H2. The molecule has 144 valence electrons. The molecule has 0 heterocycles. The van der Waals surface area contributed by atoms with E-state index in [9.17, 15) is 5.11 Å². The lowest BCUT2D eigenvalue weighted by molar-refractivity contribution is -0.139. The molecule has 0 aromatic heterocycles. The van der Waals surface area contributed by atoms with E-state index in [0.29, 0.717) is 13.2 Å². The lowest BCUT2D eigenvalue weighted by Gasteiger charge is -2.38. The second-order valence-electron chi connectivity index (χ2n) is 7.58. The van der Waals surface area contributed by atoms with Crippen LogP contribution in [0.4, 0.5) is 0 Å². The summed E-state index contributed by atoms with van der Waals surface area (Å²) in [4.78, 5) is 0. The highest BCUT2D eigenvalue weighted by atomic mass is 16.5. The summed E-state index contributed by atoms with van der Waals surface area (Å²) >= 11 is 0. The molecule has 3 rings (SSSR count). The Morgan fingerprint density at radius 3 is 1.70 bits per heavy atom. The van der Waals surface area contributed by atoms with Gasteiger partial charge in [-0.15, -0.1) is 0 Å². The first-order chi connectivity index (χ1) is 13.2. The largest absolute Gasteiger partial charge is 0.385 e. The van der Waals surface area contributed by atoms with Gasteiger partial charge in [0.1, 0.15) is 5.60 Å².